The van der Waals surface area contributed by atoms with Crippen LogP contribution in [0.3, 0.4) is 0 Å². The Morgan fingerprint density at radius 3 is 2.85 bits per heavy atom. The van der Waals surface area contributed by atoms with Crippen molar-refractivity contribution in [3.63, 3.8) is 0 Å². The Hall–Kier alpha value is -2.64. The molecule has 1 saturated heterocycles. The van der Waals surface area contributed by atoms with E-state index in [0.717, 1.165) is 5.56 Å². The number of piperazine rings is 1. The summed E-state index contributed by atoms with van der Waals surface area (Å²) in [6, 6.07) is 11.3. The van der Waals surface area contributed by atoms with Gasteiger partial charge in [-0.05, 0) is 18.2 Å². The zero-order valence-electron chi connectivity index (χ0n) is 14.1. The molecule has 26 heavy (non-hydrogen) atoms. The van der Waals surface area contributed by atoms with E-state index < -0.39 is 10.8 Å². The van der Waals surface area contributed by atoms with Crippen molar-refractivity contribution >= 4 is 23.2 Å². The van der Waals surface area contributed by atoms with Crippen LogP contribution in [0.25, 0.3) is 0 Å². The minimum absolute atomic E-state index is 0.0289. The lowest BCUT2D eigenvalue weighted by Gasteiger charge is -2.37. The van der Waals surface area contributed by atoms with Gasteiger partial charge in [-0.1, -0.05) is 29.8 Å². The van der Waals surface area contributed by atoms with Crippen LogP contribution in [0.5, 0.6) is 5.75 Å². The minimum Gasteiger partial charge on any atom is -0.496 e. The summed E-state index contributed by atoms with van der Waals surface area (Å²) < 4.78 is 5.42. The smallest absolute Gasteiger partial charge is 0.283 e. The second kappa shape index (κ2) is 7.72. The summed E-state index contributed by atoms with van der Waals surface area (Å²) in [7, 11) is 1.57. The van der Waals surface area contributed by atoms with Gasteiger partial charge in [-0.2, -0.15) is 0 Å². The van der Waals surface area contributed by atoms with Gasteiger partial charge in [0.2, 0.25) is 0 Å². The van der Waals surface area contributed by atoms with Crippen molar-refractivity contribution < 1.29 is 14.5 Å². The van der Waals surface area contributed by atoms with Crippen molar-refractivity contribution in [2.24, 2.45) is 0 Å². The molecule has 8 heteroatoms. The van der Waals surface area contributed by atoms with Gasteiger partial charge in [0.1, 0.15) is 11.3 Å². The molecule has 136 valence electrons. The highest BCUT2D eigenvalue weighted by Gasteiger charge is 2.33. The highest BCUT2D eigenvalue weighted by atomic mass is 35.5. The third kappa shape index (κ3) is 3.49. The number of nitrogens with zero attached hydrogens (tertiary/aromatic N) is 2. The number of benzene rings is 2. The Bertz CT molecular complexity index is 843. The lowest BCUT2D eigenvalue weighted by Crippen LogP contribution is -2.48. The van der Waals surface area contributed by atoms with Gasteiger partial charge in [0.15, 0.2) is 0 Å². The number of nitro benzene ring substituents is 1. The van der Waals surface area contributed by atoms with E-state index in [9.17, 15) is 14.9 Å². The predicted molar refractivity (Wildman–Crippen MR) is 97.7 cm³/mol. The summed E-state index contributed by atoms with van der Waals surface area (Å²) in [6.45, 7) is 1.58. The quantitative estimate of drug-likeness (QED) is 0.655. The van der Waals surface area contributed by atoms with E-state index in [2.05, 4.69) is 5.32 Å². The lowest BCUT2D eigenvalue weighted by molar-refractivity contribution is -0.385. The number of nitro groups is 1. The summed E-state index contributed by atoms with van der Waals surface area (Å²) in [5.74, 6) is 0.273. The molecule has 1 atom stereocenters. The van der Waals surface area contributed by atoms with Crippen molar-refractivity contribution in [3.05, 3.63) is 68.7 Å². The van der Waals surface area contributed by atoms with E-state index in [1.54, 1.807) is 12.0 Å². The number of para-hydroxylation sites is 1. The van der Waals surface area contributed by atoms with E-state index in [1.807, 2.05) is 24.3 Å². The second-order valence-corrected chi connectivity index (χ2v) is 6.32. The van der Waals surface area contributed by atoms with Crippen molar-refractivity contribution in [2.75, 3.05) is 26.7 Å². The van der Waals surface area contributed by atoms with Crippen molar-refractivity contribution in [3.8, 4) is 5.75 Å². The largest absolute Gasteiger partial charge is 0.496 e. The fourth-order valence-corrected chi connectivity index (χ4v) is 3.32. The first-order chi connectivity index (χ1) is 12.5. The molecule has 7 nitrogen and oxygen atoms in total. The molecule has 1 aliphatic rings. The van der Waals surface area contributed by atoms with Crippen molar-refractivity contribution in [2.45, 2.75) is 6.04 Å². The van der Waals surface area contributed by atoms with Crippen LogP contribution in [0.2, 0.25) is 5.02 Å². The van der Waals surface area contributed by atoms with Crippen molar-refractivity contribution in [1.29, 1.82) is 0 Å². The first-order valence-electron chi connectivity index (χ1n) is 8.11. The Morgan fingerprint density at radius 2 is 2.12 bits per heavy atom. The Kier molecular flexibility index (Phi) is 5.39. The number of methoxy groups -OCH3 is 1. The Morgan fingerprint density at radius 1 is 1.35 bits per heavy atom. The maximum atomic E-state index is 13.1. The molecule has 1 N–H and O–H groups in total. The van der Waals surface area contributed by atoms with E-state index in [1.165, 1.54) is 18.2 Å². The number of amides is 1. The molecule has 0 spiro atoms. The predicted octanol–water partition coefficient (Wildman–Crippen LogP) is 3.04. The summed E-state index contributed by atoms with van der Waals surface area (Å²) in [4.78, 5) is 25.5. The molecule has 2 aromatic rings. The molecule has 0 aromatic heterocycles. The highest BCUT2D eigenvalue weighted by molar-refractivity contribution is 6.31. The summed E-state index contributed by atoms with van der Waals surface area (Å²) in [5, 5.41) is 14.8. The zero-order chi connectivity index (χ0) is 18.7. The van der Waals surface area contributed by atoms with Gasteiger partial charge in [0.05, 0.1) is 18.1 Å². The average molecular weight is 376 g/mol. The third-order valence-electron chi connectivity index (χ3n) is 4.39. The van der Waals surface area contributed by atoms with Gasteiger partial charge in [-0.3, -0.25) is 14.9 Å². The fraction of sp³-hybridized carbons (Fsp3) is 0.278. The normalized spacial score (nSPS) is 17.0. The molecule has 0 bridgehead atoms. The van der Waals surface area contributed by atoms with Gasteiger partial charge < -0.3 is 15.0 Å². The van der Waals surface area contributed by atoms with E-state index in [-0.39, 0.29) is 22.3 Å². The number of carbonyl (C=O) groups excluding carboxylic acids is 1. The molecule has 0 radical (unpaired) electrons. The van der Waals surface area contributed by atoms with Gasteiger partial charge in [-0.25, -0.2) is 0 Å². The third-order valence-corrected chi connectivity index (χ3v) is 4.62. The topological polar surface area (TPSA) is 84.7 Å². The van der Waals surface area contributed by atoms with Crippen LogP contribution in [0.15, 0.2) is 42.5 Å². The van der Waals surface area contributed by atoms with Gasteiger partial charge in [-0.15, -0.1) is 0 Å². The molecule has 0 aliphatic carbocycles. The summed E-state index contributed by atoms with van der Waals surface area (Å²) in [6.07, 6.45) is 0. The van der Waals surface area contributed by atoms with Gasteiger partial charge in [0.25, 0.3) is 11.6 Å². The minimum atomic E-state index is -0.584. The van der Waals surface area contributed by atoms with Crippen LogP contribution in [-0.2, 0) is 0 Å². The molecular weight excluding hydrogens is 358 g/mol. The van der Waals surface area contributed by atoms with Crippen LogP contribution < -0.4 is 10.1 Å². The van der Waals surface area contributed by atoms with Crippen LogP contribution in [-0.4, -0.2) is 42.5 Å². The van der Waals surface area contributed by atoms with Gasteiger partial charge in [0, 0.05) is 36.3 Å². The molecule has 0 saturated carbocycles. The molecule has 1 unspecified atom stereocenters. The molecule has 1 amide bonds. The molecule has 1 heterocycles. The monoisotopic (exact) mass is 375 g/mol. The molecule has 1 aliphatic heterocycles. The first kappa shape index (κ1) is 18.2. The SMILES string of the molecule is COc1ccccc1C1CNCCN1C(=O)c1ccc(Cl)cc1[N+](=O)[O-]. The molecule has 2 aromatic carbocycles. The number of hydrogen-bond acceptors (Lipinski definition) is 5. The van der Waals surface area contributed by atoms with Crippen LogP contribution >= 0.6 is 11.6 Å². The molecular formula is C18H18ClN3O4. The second-order valence-electron chi connectivity index (χ2n) is 5.88. The lowest BCUT2D eigenvalue weighted by atomic mass is 10.0. The molecule has 1 fully saturated rings. The highest BCUT2D eigenvalue weighted by Crippen LogP contribution is 2.33. The summed E-state index contributed by atoms with van der Waals surface area (Å²) in [5.41, 5.74) is 0.591. The van der Waals surface area contributed by atoms with Crippen LogP contribution in [0.4, 0.5) is 5.69 Å². The van der Waals surface area contributed by atoms with Crippen LogP contribution in [0, 0.1) is 10.1 Å². The van der Waals surface area contributed by atoms with Crippen molar-refractivity contribution in [1.82, 2.24) is 10.2 Å². The number of halogens is 1. The van der Waals surface area contributed by atoms with E-state index >= 15 is 0 Å². The number of carbonyl (C=O) groups is 1. The first-order valence-corrected chi connectivity index (χ1v) is 8.49. The average Bonchev–Trinajstić information content (AvgIpc) is 2.67. The zero-order valence-corrected chi connectivity index (χ0v) is 14.9. The standard InChI is InChI=1S/C18H18ClN3O4/c1-26-17-5-3-2-4-13(17)16-11-20-8-9-21(16)18(23)14-7-6-12(19)10-15(14)22(24)25/h2-7,10,16,20H,8-9,11H2,1H3. The van der Waals surface area contributed by atoms with Gasteiger partial charge >= 0.3 is 0 Å². The summed E-state index contributed by atoms with van der Waals surface area (Å²) >= 11 is 5.86. The number of ether oxygens (including phenoxy) is 1. The maximum Gasteiger partial charge on any atom is 0.283 e. The maximum absolute atomic E-state index is 13.1. The van der Waals surface area contributed by atoms with Crippen LogP contribution in [0.1, 0.15) is 22.0 Å². The van der Waals surface area contributed by atoms with E-state index in [0.29, 0.717) is 25.4 Å². The Balaban J connectivity index is 2.01. The fourth-order valence-electron chi connectivity index (χ4n) is 3.16. The number of rotatable bonds is 4. The number of nitrogens with one attached hydrogen (secondary N) is 1. The molecule has 3 rings (SSSR count). The number of hydrogen-bond donors (Lipinski definition) is 1. The van der Waals surface area contributed by atoms with E-state index in [4.69, 9.17) is 16.3 Å². The Labute approximate surface area is 155 Å².